The van der Waals surface area contributed by atoms with Gasteiger partial charge in [-0.05, 0) is 25.8 Å². The van der Waals surface area contributed by atoms with Crippen molar-refractivity contribution in [2.75, 3.05) is 19.8 Å². The zero-order chi connectivity index (χ0) is 17.9. The number of carbonyl (C=O) groups excluding carboxylic acids is 1. The van der Waals surface area contributed by atoms with Gasteiger partial charge in [-0.2, -0.15) is 13.2 Å². The van der Waals surface area contributed by atoms with Crippen molar-refractivity contribution >= 4 is 11.9 Å². The fourth-order valence-electron chi connectivity index (χ4n) is 2.46. The Morgan fingerprint density at radius 3 is 2.50 bits per heavy atom. The van der Waals surface area contributed by atoms with Gasteiger partial charge in [0, 0.05) is 24.9 Å². The third-order valence-electron chi connectivity index (χ3n) is 3.52. The summed E-state index contributed by atoms with van der Waals surface area (Å²) in [7, 11) is 0. The first-order chi connectivity index (χ1) is 11.2. The summed E-state index contributed by atoms with van der Waals surface area (Å²) < 4.78 is 43.6. The van der Waals surface area contributed by atoms with Gasteiger partial charge in [-0.1, -0.05) is 0 Å². The monoisotopic (exact) mass is 347 g/mol. The summed E-state index contributed by atoms with van der Waals surface area (Å²) in [5, 5.41) is 9.01. The molecule has 1 aliphatic rings. The third kappa shape index (κ3) is 4.40. The maximum absolute atomic E-state index is 12.8. The van der Waals surface area contributed by atoms with E-state index in [1.165, 1.54) is 6.92 Å². The Labute approximate surface area is 135 Å². The molecule has 1 aliphatic heterocycles. The average molecular weight is 347 g/mol. The summed E-state index contributed by atoms with van der Waals surface area (Å²) in [6.45, 7) is 1.40. The first-order valence-corrected chi connectivity index (χ1v) is 7.22. The van der Waals surface area contributed by atoms with E-state index in [1.54, 1.807) is 0 Å². The number of amides is 1. The molecule has 0 spiro atoms. The van der Waals surface area contributed by atoms with Crippen molar-refractivity contribution in [2.24, 2.45) is 0 Å². The topological polar surface area (TPSA) is 92.6 Å². The SMILES string of the molecule is Cc1cc(C(=O)N(CC(=O)O)C2CCOCC2)nc(C(F)(F)F)n1. The smallest absolute Gasteiger partial charge is 0.451 e. The van der Waals surface area contributed by atoms with Crippen molar-refractivity contribution < 1.29 is 32.6 Å². The molecule has 1 N–H and O–H groups in total. The number of aliphatic carboxylic acids is 1. The van der Waals surface area contributed by atoms with Crippen LogP contribution in [0, 0.1) is 6.92 Å². The molecule has 1 amide bonds. The lowest BCUT2D eigenvalue weighted by atomic mass is 10.1. The van der Waals surface area contributed by atoms with Gasteiger partial charge in [0.05, 0.1) is 0 Å². The van der Waals surface area contributed by atoms with Crippen molar-refractivity contribution in [3.63, 3.8) is 0 Å². The molecule has 24 heavy (non-hydrogen) atoms. The van der Waals surface area contributed by atoms with E-state index in [4.69, 9.17) is 9.84 Å². The largest absolute Gasteiger partial charge is 0.480 e. The fourth-order valence-corrected chi connectivity index (χ4v) is 2.46. The Kier molecular flexibility index (Phi) is 5.37. The van der Waals surface area contributed by atoms with Crippen molar-refractivity contribution in [3.8, 4) is 0 Å². The zero-order valence-electron chi connectivity index (χ0n) is 12.8. The predicted octanol–water partition coefficient (Wildman–Crippen LogP) is 1.51. The van der Waals surface area contributed by atoms with E-state index >= 15 is 0 Å². The number of carbonyl (C=O) groups is 2. The lowest BCUT2D eigenvalue weighted by Gasteiger charge is -2.33. The van der Waals surface area contributed by atoms with E-state index in [0.717, 1.165) is 11.0 Å². The number of aromatic nitrogens is 2. The Bertz CT molecular complexity index is 630. The molecule has 132 valence electrons. The quantitative estimate of drug-likeness (QED) is 0.888. The fraction of sp³-hybridized carbons (Fsp3) is 0.571. The highest BCUT2D eigenvalue weighted by atomic mass is 19.4. The van der Waals surface area contributed by atoms with Crippen LogP contribution in [-0.4, -0.2) is 57.7 Å². The Morgan fingerprint density at radius 2 is 1.96 bits per heavy atom. The van der Waals surface area contributed by atoms with Crippen LogP contribution >= 0.6 is 0 Å². The van der Waals surface area contributed by atoms with Gasteiger partial charge in [0.25, 0.3) is 5.91 Å². The molecule has 0 aliphatic carbocycles. The summed E-state index contributed by atoms with van der Waals surface area (Å²) in [6, 6.07) is 0.693. The van der Waals surface area contributed by atoms with Crippen LogP contribution in [-0.2, 0) is 15.7 Å². The highest BCUT2D eigenvalue weighted by molar-refractivity contribution is 5.94. The van der Waals surface area contributed by atoms with Crippen LogP contribution in [0.25, 0.3) is 0 Å². The summed E-state index contributed by atoms with van der Waals surface area (Å²) in [6.07, 6.45) is -3.97. The van der Waals surface area contributed by atoms with Crippen molar-refractivity contribution in [1.29, 1.82) is 0 Å². The van der Waals surface area contributed by atoms with E-state index in [-0.39, 0.29) is 5.69 Å². The lowest BCUT2D eigenvalue weighted by Crippen LogP contribution is -2.46. The normalized spacial score (nSPS) is 16.0. The van der Waals surface area contributed by atoms with Crippen molar-refractivity contribution in [3.05, 3.63) is 23.3 Å². The van der Waals surface area contributed by atoms with Crippen LogP contribution in [0.5, 0.6) is 0 Å². The number of alkyl halides is 3. The molecule has 1 aromatic heterocycles. The molecular formula is C14H16F3N3O4. The zero-order valence-corrected chi connectivity index (χ0v) is 12.8. The minimum absolute atomic E-state index is 0.0251. The molecule has 2 heterocycles. The Balaban J connectivity index is 2.34. The number of rotatable bonds is 4. The van der Waals surface area contributed by atoms with Crippen LogP contribution in [0.3, 0.4) is 0 Å². The number of aryl methyl sites for hydroxylation is 1. The highest BCUT2D eigenvalue weighted by Gasteiger charge is 2.37. The predicted molar refractivity (Wildman–Crippen MR) is 74.3 cm³/mol. The second-order valence-electron chi connectivity index (χ2n) is 5.39. The molecule has 0 radical (unpaired) electrons. The number of carboxylic acid groups (broad SMARTS) is 1. The van der Waals surface area contributed by atoms with Crippen LogP contribution in [0.1, 0.15) is 34.8 Å². The molecular weight excluding hydrogens is 331 g/mol. The van der Waals surface area contributed by atoms with Crippen LogP contribution in [0.4, 0.5) is 13.2 Å². The van der Waals surface area contributed by atoms with Gasteiger partial charge in [-0.25, -0.2) is 9.97 Å². The summed E-state index contributed by atoms with van der Waals surface area (Å²) in [5.74, 6) is -3.54. The number of halogens is 3. The van der Waals surface area contributed by atoms with Gasteiger partial charge < -0.3 is 14.7 Å². The molecule has 1 aromatic rings. The van der Waals surface area contributed by atoms with Gasteiger partial charge in [0.1, 0.15) is 12.2 Å². The molecule has 10 heteroatoms. The van der Waals surface area contributed by atoms with Crippen LogP contribution in [0.15, 0.2) is 6.07 Å². The molecule has 1 fully saturated rings. The lowest BCUT2D eigenvalue weighted by molar-refractivity contribution is -0.145. The van der Waals surface area contributed by atoms with Gasteiger partial charge in [-0.3, -0.25) is 9.59 Å². The standard InChI is InChI=1S/C14H16F3N3O4/c1-8-6-10(19-13(18-8)14(15,16)17)12(23)20(7-11(21)22)9-2-4-24-5-3-9/h6,9H,2-5,7H2,1H3,(H,21,22). The number of hydrogen-bond acceptors (Lipinski definition) is 5. The highest BCUT2D eigenvalue weighted by Crippen LogP contribution is 2.27. The molecule has 0 saturated carbocycles. The second-order valence-corrected chi connectivity index (χ2v) is 5.39. The third-order valence-corrected chi connectivity index (χ3v) is 3.52. The van der Waals surface area contributed by atoms with Gasteiger partial charge in [0.2, 0.25) is 5.82 Å². The van der Waals surface area contributed by atoms with E-state index in [1.807, 2.05) is 0 Å². The summed E-state index contributed by atoms with van der Waals surface area (Å²) >= 11 is 0. The number of ether oxygens (including phenoxy) is 1. The minimum Gasteiger partial charge on any atom is -0.480 e. The van der Waals surface area contributed by atoms with Crippen LogP contribution < -0.4 is 0 Å². The molecule has 0 bridgehead atoms. The number of carboxylic acids is 1. The molecule has 2 rings (SSSR count). The second kappa shape index (κ2) is 7.12. The van der Waals surface area contributed by atoms with E-state index in [2.05, 4.69) is 9.97 Å². The van der Waals surface area contributed by atoms with Crippen LogP contribution in [0.2, 0.25) is 0 Å². The van der Waals surface area contributed by atoms with E-state index in [0.29, 0.717) is 26.1 Å². The average Bonchev–Trinajstić information content (AvgIpc) is 2.51. The Hall–Kier alpha value is -2.23. The van der Waals surface area contributed by atoms with E-state index in [9.17, 15) is 22.8 Å². The molecule has 1 saturated heterocycles. The Morgan fingerprint density at radius 1 is 1.33 bits per heavy atom. The minimum atomic E-state index is -4.79. The number of hydrogen-bond donors (Lipinski definition) is 1. The molecule has 7 nitrogen and oxygen atoms in total. The first kappa shape index (κ1) is 18.1. The van der Waals surface area contributed by atoms with Gasteiger partial charge in [0.15, 0.2) is 0 Å². The van der Waals surface area contributed by atoms with Gasteiger partial charge >= 0.3 is 12.1 Å². The summed E-state index contributed by atoms with van der Waals surface area (Å²) in [5.41, 5.74) is -0.495. The molecule has 0 unspecified atom stereocenters. The van der Waals surface area contributed by atoms with Gasteiger partial charge in [-0.15, -0.1) is 0 Å². The number of nitrogens with zero attached hydrogens (tertiary/aromatic N) is 3. The molecule has 0 aromatic carbocycles. The first-order valence-electron chi connectivity index (χ1n) is 7.22. The van der Waals surface area contributed by atoms with Crippen molar-refractivity contribution in [2.45, 2.75) is 32.0 Å². The van der Waals surface area contributed by atoms with Crippen molar-refractivity contribution in [1.82, 2.24) is 14.9 Å². The summed E-state index contributed by atoms with van der Waals surface area (Å²) in [4.78, 5) is 31.2. The van der Waals surface area contributed by atoms with E-state index < -0.39 is 42.2 Å². The maximum atomic E-state index is 12.8. The maximum Gasteiger partial charge on any atom is 0.451 e. The molecule has 0 atom stereocenters.